The number of rotatable bonds is 5. The molecule has 0 aliphatic carbocycles. The van der Waals surface area contributed by atoms with E-state index < -0.39 is 0 Å². The van der Waals surface area contributed by atoms with Crippen LogP contribution in [0.1, 0.15) is 29.1 Å². The molecule has 0 bridgehead atoms. The lowest BCUT2D eigenvalue weighted by atomic mass is 10.3. The van der Waals surface area contributed by atoms with Crippen molar-refractivity contribution in [1.82, 2.24) is 14.2 Å². The number of nitrogens with one attached hydrogen (secondary N) is 1. The number of aryl methyl sites for hydroxylation is 4. The van der Waals surface area contributed by atoms with Gasteiger partial charge >= 0.3 is 0 Å². The first-order valence-electron chi connectivity index (χ1n) is 6.23. The van der Waals surface area contributed by atoms with E-state index in [0.29, 0.717) is 5.56 Å². The standard InChI is InChI=1S/C13H17N5S/c1-9-7-10(2)18(16-9)6-4-5-15-13-12(8-14)11(3)17-19-13/h7,15H,4-6H2,1-3H3. The summed E-state index contributed by atoms with van der Waals surface area (Å²) in [4.78, 5) is 0. The molecule has 2 aromatic rings. The molecule has 6 heteroatoms. The van der Waals surface area contributed by atoms with E-state index in [9.17, 15) is 0 Å². The van der Waals surface area contributed by atoms with Gasteiger partial charge in [-0.2, -0.15) is 14.7 Å². The summed E-state index contributed by atoms with van der Waals surface area (Å²) in [6.45, 7) is 7.62. The molecular weight excluding hydrogens is 258 g/mol. The van der Waals surface area contributed by atoms with Gasteiger partial charge in [-0.3, -0.25) is 4.68 Å². The highest BCUT2D eigenvalue weighted by molar-refractivity contribution is 7.10. The highest BCUT2D eigenvalue weighted by atomic mass is 32.1. The Hall–Kier alpha value is -1.87. The van der Waals surface area contributed by atoms with Crippen LogP contribution in [0.5, 0.6) is 0 Å². The smallest absolute Gasteiger partial charge is 0.127 e. The van der Waals surface area contributed by atoms with E-state index >= 15 is 0 Å². The average molecular weight is 275 g/mol. The molecule has 100 valence electrons. The summed E-state index contributed by atoms with van der Waals surface area (Å²) in [6, 6.07) is 4.26. The summed E-state index contributed by atoms with van der Waals surface area (Å²) in [6.07, 6.45) is 0.962. The average Bonchev–Trinajstić information content (AvgIpc) is 2.88. The largest absolute Gasteiger partial charge is 0.375 e. The number of hydrogen-bond acceptors (Lipinski definition) is 5. The summed E-state index contributed by atoms with van der Waals surface area (Å²) in [5.74, 6) is 0. The SMILES string of the molecule is Cc1cc(C)n(CCCNc2snc(C)c2C#N)n1. The first-order valence-corrected chi connectivity index (χ1v) is 7.00. The molecular formula is C13H17N5S. The topological polar surface area (TPSA) is 66.5 Å². The van der Waals surface area contributed by atoms with Gasteiger partial charge in [0, 0.05) is 18.8 Å². The lowest BCUT2D eigenvalue weighted by Gasteiger charge is -2.06. The van der Waals surface area contributed by atoms with Crippen LogP contribution in [0.25, 0.3) is 0 Å². The number of hydrogen-bond donors (Lipinski definition) is 1. The highest BCUT2D eigenvalue weighted by Gasteiger charge is 2.09. The van der Waals surface area contributed by atoms with Crippen LogP contribution in [0.15, 0.2) is 6.07 Å². The first-order chi connectivity index (χ1) is 9.11. The number of aromatic nitrogens is 3. The zero-order valence-electron chi connectivity index (χ0n) is 11.4. The van der Waals surface area contributed by atoms with Crippen LogP contribution in [-0.2, 0) is 6.54 Å². The molecule has 0 aliphatic heterocycles. The maximum Gasteiger partial charge on any atom is 0.127 e. The lowest BCUT2D eigenvalue weighted by Crippen LogP contribution is -2.08. The van der Waals surface area contributed by atoms with E-state index in [4.69, 9.17) is 5.26 Å². The molecule has 0 unspecified atom stereocenters. The van der Waals surface area contributed by atoms with Gasteiger partial charge in [0.1, 0.15) is 16.6 Å². The molecule has 0 radical (unpaired) electrons. The summed E-state index contributed by atoms with van der Waals surface area (Å²) in [7, 11) is 0. The Balaban J connectivity index is 1.84. The van der Waals surface area contributed by atoms with Crippen LogP contribution in [-0.4, -0.2) is 20.7 Å². The molecule has 0 aromatic carbocycles. The first kappa shape index (κ1) is 13.6. The van der Waals surface area contributed by atoms with Gasteiger partial charge in [-0.1, -0.05) is 0 Å². The third-order valence-corrected chi connectivity index (χ3v) is 3.81. The minimum Gasteiger partial charge on any atom is -0.375 e. The van der Waals surface area contributed by atoms with Crippen molar-refractivity contribution in [2.45, 2.75) is 33.7 Å². The van der Waals surface area contributed by atoms with Crippen molar-refractivity contribution < 1.29 is 0 Å². The van der Waals surface area contributed by atoms with Crippen LogP contribution >= 0.6 is 11.5 Å². The van der Waals surface area contributed by atoms with Crippen molar-refractivity contribution in [3.05, 3.63) is 28.7 Å². The molecule has 0 atom stereocenters. The van der Waals surface area contributed by atoms with Gasteiger partial charge in [0.25, 0.3) is 0 Å². The zero-order valence-corrected chi connectivity index (χ0v) is 12.2. The molecule has 2 rings (SSSR count). The van der Waals surface area contributed by atoms with E-state index in [1.54, 1.807) is 0 Å². The molecule has 2 aromatic heterocycles. The van der Waals surface area contributed by atoms with Crippen molar-refractivity contribution in [2.24, 2.45) is 0 Å². The highest BCUT2D eigenvalue weighted by Crippen LogP contribution is 2.23. The third-order valence-electron chi connectivity index (χ3n) is 2.91. The monoisotopic (exact) mass is 275 g/mol. The molecule has 5 nitrogen and oxygen atoms in total. The molecule has 19 heavy (non-hydrogen) atoms. The van der Waals surface area contributed by atoms with Gasteiger partial charge in [0.15, 0.2) is 0 Å². The van der Waals surface area contributed by atoms with Gasteiger partial charge in [0.2, 0.25) is 0 Å². The zero-order chi connectivity index (χ0) is 13.8. The Morgan fingerprint density at radius 3 is 2.84 bits per heavy atom. The van der Waals surface area contributed by atoms with Gasteiger partial charge in [0.05, 0.1) is 11.4 Å². The molecule has 0 saturated carbocycles. The quantitative estimate of drug-likeness (QED) is 0.852. The summed E-state index contributed by atoms with van der Waals surface area (Å²) in [5, 5.41) is 17.6. The third kappa shape index (κ3) is 3.12. The molecule has 0 aliphatic rings. The van der Waals surface area contributed by atoms with Gasteiger partial charge in [-0.15, -0.1) is 0 Å². The fourth-order valence-electron chi connectivity index (χ4n) is 1.95. The predicted molar refractivity (Wildman–Crippen MR) is 76.4 cm³/mol. The Labute approximate surface area is 117 Å². The van der Waals surface area contributed by atoms with Gasteiger partial charge in [-0.05, 0) is 44.8 Å². The fourth-order valence-corrected chi connectivity index (χ4v) is 2.72. The number of nitriles is 1. The second-order valence-electron chi connectivity index (χ2n) is 4.51. The molecule has 2 heterocycles. The number of nitrogens with zero attached hydrogens (tertiary/aromatic N) is 4. The van der Waals surface area contributed by atoms with E-state index in [1.165, 1.54) is 17.2 Å². The van der Waals surface area contributed by atoms with Crippen molar-refractivity contribution in [1.29, 1.82) is 5.26 Å². The maximum atomic E-state index is 9.02. The van der Waals surface area contributed by atoms with Crippen LogP contribution < -0.4 is 5.32 Å². The Morgan fingerprint density at radius 1 is 1.42 bits per heavy atom. The minimum atomic E-state index is 0.663. The van der Waals surface area contributed by atoms with Crippen LogP contribution in [0.4, 0.5) is 5.00 Å². The van der Waals surface area contributed by atoms with Crippen molar-refractivity contribution >= 4 is 16.5 Å². The Kier molecular flexibility index (Phi) is 4.17. The van der Waals surface area contributed by atoms with Gasteiger partial charge in [-0.25, -0.2) is 0 Å². The minimum absolute atomic E-state index is 0.663. The van der Waals surface area contributed by atoms with Crippen LogP contribution in [0.3, 0.4) is 0 Å². The molecule has 0 fully saturated rings. The number of anilines is 1. The Bertz CT molecular complexity index is 605. The predicted octanol–water partition coefficient (Wildman–Crippen LogP) is 2.64. The normalized spacial score (nSPS) is 10.4. The van der Waals surface area contributed by atoms with Gasteiger partial charge < -0.3 is 5.32 Å². The summed E-state index contributed by atoms with van der Waals surface area (Å²) >= 11 is 1.35. The fraction of sp³-hybridized carbons (Fsp3) is 0.462. The van der Waals surface area contributed by atoms with Crippen LogP contribution in [0, 0.1) is 32.1 Å². The van der Waals surface area contributed by atoms with E-state index in [1.807, 2.05) is 18.5 Å². The van der Waals surface area contributed by atoms with Crippen molar-refractivity contribution in [2.75, 3.05) is 11.9 Å². The van der Waals surface area contributed by atoms with Crippen LogP contribution in [0.2, 0.25) is 0 Å². The second kappa shape index (κ2) is 5.85. The second-order valence-corrected chi connectivity index (χ2v) is 5.29. The summed E-state index contributed by atoms with van der Waals surface area (Å²) in [5.41, 5.74) is 3.70. The molecule has 0 amide bonds. The maximum absolute atomic E-state index is 9.02. The van der Waals surface area contributed by atoms with E-state index in [0.717, 1.165) is 35.9 Å². The van der Waals surface area contributed by atoms with Crippen molar-refractivity contribution in [3.63, 3.8) is 0 Å². The van der Waals surface area contributed by atoms with E-state index in [-0.39, 0.29) is 0 Å². The Morgan fingerprint density at radius 2 is 2.21 bits per heavy atom. The van der Waals surface area contributed by atoms with E-state index in [2.05, 4.69) is 33.8 Å². The summed E-state index contributed by atoms with van der Waals surface area (Å²) < 4.78 is 6.19. The molecule has 0 spiro atoms. The van der Waals surface area contributed by atoms with Crippen molar-refractivity contribution in [3.8, 4) is 6.07 Å². The lowest BCUT2D eigenvalue weighted by molar-refractivity contribution is 0.574. The molecule has 1 N–H and O–H groups in total. The molecule has 0 saturated heterocycles.